The van der Waals surface area contributed by atoms with Crippen molar-refractivity contribution in [2.75, 3.05) is 20.8 Å². The van der Waals surface area contributed by atoms with Crippen LogP contribution in [0.2, 0.25) is 0 Å². The molecule has 2 aliphatic rings. The number of hydrogen-bond donors (Lipinski definition) is 1. The summed E-state index contributed by atoms with van der Waals surface area (Å²) in [5, 5.41) is 0. The number of sulfonamides is 1. The van der Waals surface area contributed by atoms with Gasteiger partial charge in [0.2, 0.25) is 10.0 Å². The van der Waals surface area contributed by atoms with E-state index >= 15 is 0 Å². The van der Waals surface area contributed by atoms with Crippen molar-refractivity contribution in [2.24, 2.45) is 0 Å². The number of nitrogens with one attached hydrogen (secondary N) is 1. The Bertz CT molecular complexity index is 688. The Morgan fingerprint density at radius 1 is 1.29 bits per heavy atom. The molecule has 3 rings (SSSR count). The summed E-state index contributed by atoms with van der Waals surface area (Å²) >= 11 is 0. The molecule has 0 bridgehead atoms. The molecule has 1 aromatic rings. The van der Waals surface area contributed by atoms with Crippen LogP contribution in [0.3, 0.4) is 0 Å². The van der Waals surface area contributed by atoms with Gasteiger partial charge in [0.15, 0.2) is 0 Å². The minimum atomic E-state index is -3.64. The Hall–Kier alpha value is -1.15. The van der Waals surface area contributed by atoms with Crippen molar-refractivity contribution in [3.8, 4) is 5.75 Å². The molecule has 0 radical (unpaired) electrons. The van der Waals surface area contributed by atoms with E-state index in [9.17, 15) is 8.42 Å². The zero-order valence-electron chi connectivity index (χ0n) is 14.5. The van der Waals surface area contributed by atoms with E-state index in [4.69, 9.17) is 9.47 Å². The fraction of sp³-hybridized carbons (Fsp3) is 0.647. The van der Waals surface area contributed by atoms with Crippen LogP contribution in [-0.2, 0) is 21.4 Å². The summed E-state index contributed by atoms with van der Waals surface area (Å²) in [4.78, 5) is 2.60. The maximum atomic E-state index is 12.9. The van der Waals surface area contributed by atoms with Crippen molar-refractivity contribution in [3.63, 3.8) is 0 Å². The molecular weight excluding hydrogens is 328 g/mol. The van der Waals surface area contributed by atoms with Crippen LogP contribution in [0.1, 0.15) is 31.7 Å². The van der Waals surface area contributed by atoms with Crippen molar-refractivity contribution in [3.05, 3.63) is 23.8 Å². The second-order valence-electron chi connectivity index (χ2n) is 6.75. The highest BCUT2D eigenvalue weighted by molar-refractivity contribution is 7.89. The lowest BCUT2D eigenvalue weighted by atomic mass is 10.2. The molecule has 134 valence electrons. The van der Waals surface area contributed by atoms with E-state index in [1.54, 1.807) is 19.2 Å². The topological polar surface area (TPSA) is 67.9 Å². The molecule has 1 aliphatic heterocycles. The number of hydrogen-bond acceptors (Lipinski definition) is 5. The van der Waals surface area contributed by atoms with Crippen LogP contribution in [-0.4, -0.2) is 52.2 Å². The zero-order chi connectivity index (χ0) is 17.3. The summed E-state index contributed by atoms with van der Waals surface area (Å²) in [5.74, 6) is 0.354. The van der Waals surface area contributed by atoms with Crippen molar-refractivity contribution >= 4 is 10.0 Å². The molecular formula is C17H26N2O4S. The first kappa shape index (κ1) is 17.7. The molecule has 24 heavy (non-hydrogen) atoms. The molecule has 2 fully saturated rings. The van der Waals surface area contributed by atoms with E-state index < -0.39 is 10.0 Å². The first-order chi connectivity index (χ1) is 11.4. The highest BCUT2D eigenvalue weighted by Gasteiger charge is 2.40. The summed E-state index contributed by atoms with van der Waals surface area (Å²) in [6.45, 7) is 3.32. The largest absolute Gasteiger partial charge is 0.495 e. The summed E-state index contributed by atoms with van der Waals surface area (Å²) in [6.07, 6.45) is 3.31. The van der Waals surface area contributed by atoms with Gasteiger partial charge in [-0.2, -0.15) is 0 Å². The number of likely N-dealkylation sites (tertiary alicyclic amines) is 1. The van der Waals surface area contributed by atoms with Crippen LogP contribution in [0, 0.1) is 0 Å². The average molecular weight is 354 g/mol. The van der Waals surface area contributed by atoms with Gasteiger partial charge in [-0.05, 0) is 43.9 Å². The Morgan fingerprint density at radius 3 is 2.67 bits per heavy atom. The lowest BCUT2D eigenvalue weighted by Gasteiger charge is -2.20. The molecule has 6 nitrogen and oxygen atoms in total. The van der Waals surface area contributed by atoms with E-state index in [1.807, 2.05) is 6.07 Å². The van der Waals surface area contributed by atoms with Crippen LogP contribution < -0.4 is 9.46 Å². The van der Waals surface area contributed by atoms with Gasteiger partial charge in [-0.25, -0.2) is 13.1 Å². The number of nitrogens with zero attached hydrogens (tertiary/aromatic N) is 1. The van der Waals surface area contributed by atoms with E-state index in [-0.39, 0.29) is 10.9 Å². The quantitative estimate of drug-likeness (QED) is 0.808. The molecule has 0 spiro atoms. The van der Waals surface area contributed by atoms with Gasteiger partial charge < -0.3 is 9.47 Å². The van der Waals surface area contributed by atoms with E-state index in [0.29, 0.717) is 24.4 Å². The maximum Gasteiger partial charge on any atom is 0.244 e. The van der Waals surface area contributed by atoms with Gasteiger partial charge in [0.1, 0.15) is 10.6 Å². The summed E-state index contributed by atoms with van der Waals surface area (Å²) < 4.78 is 39.0. The smallest absolute Gasteiger partial charge is 0.244 e. The highest BCUT2D eigenvalue weighted by atomic mass is 32.2. The average Bonchev–Trinajstić information content (AvgIpc) is 3.31. The molecule has 2 unspecified atom stereocenters. The van der Waals surface area contributed by atoms with Gasteiger partial charge >= 0.3 is 0 Å². The van der Waals surface area contributed by atoms with Crippen LogP contribution in [0.15, 0.2) is 23.1 Å². The van der Waals surface area contributed by atoms with Crippen LogP contribution in [0.4, 0.5) is 0 Å². The molecule has 2 atom stereocenters. The second-order valence-corrected chi connectivity index (χ2v) is 8.43. The SMILES string of the molecule is COCc1ccc(OC)c(S(=O)(=O)NC2CC(C)N(C3CC3)C2)c1. The number of benzene rings is 1. The third-order valence-electron chi connectivity index (χ3n) is 4.79. The Balaban J connectivity index is 1.78. The lowest BCUT2D eigenvalue weighted by molar-refractivity contribution is 0.184. The van der Waals surface area contributed by atoms with Crippen molar-refractivity contribution in [1.82, 2.24) is 9.62 Å². The van der Waals surface area contributed by atoms with Crippen molar-refractivity contribution in [1.29, 1.82) is 0 Å². The summed E-state index contributed by atoms with van der Waals surface area (Å²) in [7, 11) is -0.567. The molecule has 1 N–H and O–H groups in total. The Labute approximate surface area is 144 Å². The van der Waals surface area contributed by atoms with E-state index in [1.165, 1.54) is 20.0 Å². The predicted octanol–water partition coefficient (Wildman–Crippen LogP) is 1.75. The molecule has 0 amide bonds. The maximum absolute atomic E-state index is 12.9. The minimum Gasteiger partial charge on any atom is -0.495 e. The van der Waals surface area contributed by atoms with Gasteiger partial charge in [-0.15, -0.1) is 0 Å². The predicted molar refractivity (Wildman–Crippen MR) is 91.6 cm³/mol. The normalized spacial score (nSPS) is 25.1. The molecule has 1 aromatic carbocycles. The molecule has 7 heteroatoms. The van der Waals surface area contributed by atoms with Gasteiger partial charge in [0, 0.05) is 31.8 Å². The van der Waals surface area contributed by atoms with E-state index in [2.05, 4.69) is 16.5 Å². The minimum absolute atomic E-state index is 0.0543. The molecule has 1 saturated heterocycles. The van der Waals surface area contributed by atoms with Crippen LogP contribution >= 0.6 is 0 Å². The lowest BCUT2D eigenvalue weighted by Crippen LogP contribution is -2.37. The van der Waals surface area contributed by atoms with Gasteiger partial charge in [-0.3, -0.25) is 4.90 Å². The molecule has 1 heterocycles. The third kappa shape index (κ3) is 3.74. The van der Waals surface area contributed by atoms with E-state index in [0.717, 1.165) is 18.5 Å². The van der Waals surface area contributed by atoms with Gasteiger partial charge in [0.25, 0.3) is 0 Å². The summed E-state index contributed by atoms with van der Waals surface area (Å²) in [5.41, 5.74) is 0.804. The fourth-order valence-electron chi connectivity index (χ4n) is 3.53. The fourth-order valence-corrected chi connectivity index (χ4v) is 4.99. The Morgan fingerprint density at radius 2 is 2.04 bits per heavy atom. The van der Waals surface area contributed by atoms with Crippen LogP contribution in [0.5, 0.6) is 5.75 Å². The van der Waals surface area contributed by atoms with Crippen LogP contribution in [0.25, 0.3) is 0 Å². The Kier molecular flexibility index (Phi) is 5.15. The monoisotopic (exact) mass is 354 g/mol. The zero-order valence-corrected chi connectivity index (χ0v) is 15.3. The number of rotatable bonds is 7. The summed E-state index contributed by atoms with van der Waals surface area (Å²) in [6, 6.07) is 6.13. The molecule has 0 aromatic heterocycles. The molecule has 1 saturated carbocycles. The number of methoxy groups -OCH3 is 2. The van der Waals surface area contributed by atoms with Crippen molar-refractivity contribution in [2.45, 2.75) is 55.8 Å². The highest BCUT2D eigenvalue weighted by Crippen LogP contribution is 2.34. The van der Waals surface area contributed by atoms with Crippen molar-refractivity contribution < 1.29 is 17.9 Å². The first-order valence-corrected chi connectivity index (χ1v) is 9.87. The second kappa shape index (κ2) is 7.00. The van der Waals surface area contributed by atoms with Gasteiger partial charge in [-0.1, -0.05) is 6.07 Å². The standard InChI is InChI=1S/C17H26N2O4S/c1-12-8-14(10-19(12)15-5-6-15)18-24(20,21)17-9-13(11-22-2)4-7-16(17)23-3/h4,7,9,12,14-15,18H,5-6,8,10-11H2,1-3H3. The first-order valence-electron chi connectivity index (χ1n) is 8.38. The van der Waals surface area contributed by atoms with Gasteiger partial charge in [0.05, 0.1) is 13.7 Å². The number of ether oxygens (including phenoxy) is 2. The third-order valence-corrected chi connectivity index (χ3v) is 6.33. The molecule has 1 aliphatic carbocycles.